The van der Waals surface area contributed by atoms with Gasteiger partial charge in [-0.15, -0.1) is 6.58 Å². The SMILES string of the molecule is C=CCCC(=O)N(CC1CCCO1)C1C=C(C(=O)NCCO)C2c3cc(C=O)cc(OC)c3OC2C1O. The number of aldehydes is 1. The van der Waals surface area contributed by atoms with Gasteiger partial charge in [0.2, 0.25) is 11.8 Å². The number of carbonyl (C=O) groups excluding carboxylic acids is 3. The molecule has 1 aromatic carbocycles. The normalized spacial score (nSPS) is 25.8. The molecular formula is C27H34N2O8. The molecule has 0 aromatic heterocycles. The van der Waals surface area contributed by atoms with E-state index in [1.54, 1.807) is 23.1 Å². The molecular weight excluding hydrogens is 480 g/mol. The zero-order valence-corrected chi connectivity index (χ0v) is 20.9. The maximum absolute atomic E-state index is 13.3. The second-order valence-corrected chi connectivity index (χ2v) is 9.41. The molecule has 10 nitrogen and oxygen atoms in total. The van der Waals surface area contributed by atoms with Gasteiger partial charge >= 0.3 is 0 Å². The smallest absolute Gasteiger partial charge is 0.247 e. The first kappa shape index (κ1) is 26.8. The summed E-state index contributed by atoms with van der Waals surface area (Å²) < 4.78 is 17.4. The molecule has 3 N–H and O–H groups in total. The highest BCUT2D eigenvalue weighted by atomic mass is 16.5. The Kier molecular flexibility index (Phi) is 8.63. The van der Waals surface area contributed by atoms with E-state index in [4.69, 9.17) is 14.2 Å². The Morgan fingerprint density at radius 3 is 2.81 bits per heavy atom. The van der Waals surface area contributed by atoms with Crippen molar-refractivity contribution in [1.29, 1.82) is 0 Å². The van der Waals surface area contributed by atoms with Crippen molar-refractivity contribution in [2.45, 2.75) is 56.0 Å². The minimum absolute atomic E-state index is 0.0318. The van der Waals surface area contributed by atoms with Crippen molar-refractivity contribution in [2.75, 3.05) is 33.4 Å². The van der Waals surface area contributed by atoms with E-state index >= 15 is 0 Å². The van der Waals surface area contributed by atoms with Gasteiger partial charge in [-0.3, -0.25) is 14.4 Å². The van der Waals surface area contributed by atoms with Crippen LogP contribution >= 0.6 is 0 Å². The molecule has 2 heterocycles. The number of rotatable bonds is 11. The number of methoxy groups -OCH3 is 1. The van der Waals surface area contributed by atoms with Crippen molar-refractivity contribution in [3.8, 4) is 11.5 Å². The van der Waals surface area contributed by atoms with E-state index in [1.807, 2.05) is 0 Å². The number of aliphatic hydroxyl groups excluding tert-OH is 2. The average molecular weight is 515 g/mol. The molecule has 0 bridgehead atoms. The first-order valence-corrected chi connectivity index (χ1v) is 12.6. The summed E-state index contributed by atoms with van der Waals surface area (Å²) >= 11 is 0. The molecule has 2 aliphatic heterocycles. The Morgan fingerprint density at radius 2 is 2.16 bits per heavy atom. The molecule has 1 saturated heterocycles. The summed E-state index contributed by atoms with van der Waals surface area (Å²) in [6.45, 7) is 4.36. The lowest BCUT2D eigenvalue weighted by atomic mass is 9.77. The van der Waals surface area contributed by atoms with Gasteiger partial charge in [-0.25, -0.2) is 0 Å². The maximum atomic E-state index is 13.3. The highest BCUT2D eigenvalue weighted by Crippen LogP contribution is 2.51. The summed E-state index contributed by atoms with van der Waals surface area (Å²) in [5.41, 5.74) is 1.16. The number of carbonyl (C=O) groups is 3. The molecule has 1 aromatic rings. The van der Waals surface area contributed by atoms with E-state index < -0.39 is 30.1 Å². The van der Waals surface area contributed by atoms with E-state index in [1.165, 1.54) is 13.2 Å². The number of nitrogens with one attached hydrogen (secondary N) is 1. The monoisotopic (exact) mass is 514 g/mol. The summed E-state index contributed by atoms with van der Waals surface area (Å²) in [6, 6.07) is 2.29. The Bertz CT molecular complexity index is 1060. The van der Waals surface area contributed by atoms with Crippen LogP contribution in [0.25, 0.3) is 0 Å². The van der Waals surface area contributed by atoms with Crippen LogP contribution in [0.4, 0.5) is 0 Å². The van der Waals surface area contributed by atoms with Crippen LogP contribution in [-0.4, -0.2) is 91.0 Å². The van der Waals surface area contributed by atoms with Gasteiger partial charge in [0.05, 0.1) is 31.8 Å². The fourth-order valence-electron chi connectivity index (χ4n) is 5.33. The van der Waals surface area contributed by atoms with E-state index in [9.17, 15) is 24.6 Å². The predicted molar refractivity (Wildman–Crippen MR) is 134 cm³/mol. The molecule has 0 spiro atoms. The van der Waals surface area contributed by atoms with Gasteiger partial charge in [-0.05, 0) is 37.5 Å². The second kappa shape index (κ2) is 11.9. The number of nitrogens with zero attached hydrogens (tertiary/aromatic N) is 1. The zero-order valence-electron chi connectivity index (χ0n) is 20.9. The molecule has 37 heavy (non-hydrogen) atoms. The van der Waals surface area contributed by atoms with Crippen LogP contribution in [0.15, 0.2) is 36.4 Å². The molecule has 2 amide bonds. The number of fused-ring (bicyclic) bond motifs is 3. The quantitative estimate of drug-likeness (QED) is 0.295. The van der Waals surface area contributed by atoms with Crippen LogP contribution in [0.3, 0.4) is 0 Å². The Morgan fingerprint density at radius 1 is 1.35 bits per heavy atom. The first-order chi connectivity index (χ1) is 17.9. The molecule has 1 aliphatic carbocycles. The lowest BCUT2D eigenvalue weighted by Gasteiger charge is -2.41. The van der Waals surface area contributed by atoms with Crippen LogP contribution in [0.5, 0.6) is 11.5 Å². The third kappa shape index (κ3) is 5.41. The largest absolute Gasteiger partial charge is 0.493 e. The molecule has 4 rings (SSSR count). The van der Waals surface area contributed by atoms with Crippen molar-refractivity contribution in [3.05, 3.63) is 47.6 Å². The highest BCUT2D eigenvalue weighted by Gasteiger charge is 2.51. The minimum Gasteiger partial charge on any atom is -0.493 e. The van der Waals surface area contributed by atoms with E-state index in [0.29, 0.717) is 41.9 Å². The number of aliphatic hydroxyl groups is 2. The van der Waals surface area contributed by atoms with Crippen LogP contribution < -0.4 is 14.8 Å². The number of ether oxygens (including phenoxy) is 3. The number of benzene rings is 1. The zero-order chi connectivity index (χ0) is 26.5. The Hall–Kier alpha value is -3.21. The number of allylic oxidation sites excluding steroid dienone is 1. The molecule has 1 fully saturated rings. The summed E-state index contributed by atoms with van der Waals surface area (Å²) in [7, 11) is 1.45. The number of amides is 2. The average Bonchev–Trinajstić information content (AvgIpc) is 3.57. The van der Waals surface area contributed by atoms with Crippen LogP contribution in [-0.2, 0) is 14.3 Å². The van der Waals surface area contributed by atoms with Crippen LogP contribution in [0.2, 0.25) is 0 Å². The van der Waals surface area contributed by atoms with Gasteiger partial charge in [0.1, 0.15) is 18.5 Å². The molecule has 10 heteroatoms. The third-order valence-corrected chi connectivity index (χ3v) is 7.08. The van der Waals surface area contributed by atoms with Gasteiger partial charge in [0.15, 0.2) is 11.5 Å². The fraction of sp³-hybridized carbons (Fsp3) is 0.519. The minimum atomic E-state index is -1.18. The third-order valence-electron chi connectivity index (χ3n) is 7.08. The summed E-state index contributed by atoms with van der Waals surface area (Å²) in [5.74, 6) is -0.705. The Balaban J connectivity index is 1.78. The van der Waals surface area contributed by atoms with E-state index in [2.05, 4.69) is 11.9 Å². The standard InChI is InChI=1S/C27H34N2O8/c1-3-4-7-22(32)29(14-17-6-5-10-36-17)20-13-19(27(34)28-8-9-30)23-18-11-16(15-31)12-21(35-2)25(18)37-26(23)24(20)33/h3,11-13,15,17,20,23-24,26,30,33H,1,4-10,14H2,2H3,(H,28,34). The second-order valence-electron chi connectivity index (χ2n) is 9.41. The first-order valence-electron chi connectivity index (χ1n) is 12.6. The molecule has 0 saturated carbocycles. The number of hydrogen-bond acceptors (Lipinski definition) is 8. The Labute approximate surface area is 215 Å². The summed E-state index contributed by atoms with van der Waals surface area (Å²) in [6.07, 6.45) is 4.04. The van der Waals surface area contributed by atoms with Crippen molar-refractivity contribution in [3.63, 3.8) is 0 Å². The molecule has 5 unspecified atom stereocenters. The lowest BCUT2D eigenvalue weighted by Crippen LogP contribution is -2.57. The topological polar surface area (TPSA) is 135 Å². The van der Waals surface area contributed by atoms with Gasteiger partial charge in [-0.2, -0.15) is 0 Å². The fourth-order valence-corrected chi connectivity index (χ4v) is 5.33. The highest BCUT2D eigenvalue weighted by molar-refractivity contribution is 5.96. The maximum Gasteiger partial charge on any atom is 0.247 e. The lowest BCUT2D eigenvalue weighted by molar-refractivity contribution is -0.139. The van der Waals surface area contributed by atoms with E-state index in [0.717, 1.165) is 12.8 Å². The van der Waals surface area contributed by atoms with Gasteiger partial charge in [0, 0.05) is 42.8 Å². The van der Waals surface area contributed by atoms with Crippen LogP contribution in [0.1, 0.15) is 47.5 Å². The molecule has 0 radical (unpaired) electrons. The number of hydrogen-bond donors (Lipinski definition) is 3. The van der Waals surface area contributed by atoms with Gasteiger partial charge in [-0.1, -0.05) is 6.08 Å². The van der Waals surface area contributed by atoms with Crippen LogP contribution in [0, 0.1) is 0 Å². The molecule has 3 aliphatic rings. The van der Waals surface area contributed by atoms with Crippen molar-refractivity contribution < 1.29 is 38.8 Å². The van der Waals surface area contributed by atoms with Crippen molar-refractivity contribution in [2.24, 2.45) is 0 Å². The van der Waals surface area contributed by atoms with E-state index in [-0.39, 0.29) is 43.7 Å². The van der Waals surface area contributed by atoms with Crippen molar-refractivity contribution >= 4 is 18.1 Å². The predicted octanol–water partition coefficient (Wildman–Crippen LogP) is 1.10. The van der Waals surface area contributed by atoms with Gasteiger partial charge < -0.3 is 34.6 Å². The molecule has 200 valence electrons. The van der Waals surface area contributed by atoms with Gasteiger partial charge in [0.25, 0.3) is 0 Å². The molecule has 5 atom stereocenters. The summed E-state index contributed by atoms with van der Waals surface area (Å²) in [4.78, 5) is 39.8. The van der Waals surface area contributed by atoms with Crippen molar-refractivity contribution in [1.82, 2.24) is 10.2 Å². The summed E-state index contributed by atoms with van der Waals surface area (Å²) in [5, 5.41) is 23.5.